The lowest BCUT2D eigenvalue weighted by molar-refractivity contribution is -0.139. The zero-order chi connectivity index (χ0) is 19.9. The van der Waals surface area contributed by atoms with Gasteiger partial charge >= 0.3 is 5.97 Å². The second-order valence-corrected chi connectivity index (χ2v) is 12.1. The van der Waals surface area contributed by atoms with Gasteiger partial charge in [-0.2, -0.15) is 0 Å². The number of carboxylic acid groups (broad SMARTS) is 1. The number of hydrogen-bond acceptors (Lipinski definition) is 3. The van der Waals surface area contributed by atoms with Crippen LogP contribution < -0.4 is 10.4 Å². The van der Waals surface area contributed by atoms with E-state index < -0.39 is 20.2 Å². The molecule has 1 unspecified atom stereocenters. The Balaban J connectivity index is 2.40. The lowest BCUT2D eigenvalue weighted by atomic mass is 10.0. The number of rotatable bonds is 9. The summed E-state index contributed by atoms with van der Waals surface area (Å²) in [5, 5.41) is 11.2. The minimum absolute atomic E-state index is 0.140. The van der Waals surface area contributed by atoms with E-state index in [0.717, 1.165) is 6.29 Å². The molecule has 0 amide bonds. The first-order valence-corrected chi connectivity index (χ1v) is 11.1. The fourth-order valence-electron chi connectivity index (χ4n) is 3.57. The predicted molar refractivity (Wildman–Crippen MR) is 110 cm³/mol. The molecule has 0 aromatic heterocycles. The lowest BCUT2D eigenvalue weighted by Gasteiger charge is -2.43. The van der Waals surface area contributed by atoms with Crippen LogP contribution >= 0.6 is 0 Å². The topological polar surface area (TPSA) is 63.6 Å². The quantitative estimate of drug-likeness (QED) is 0.532. The van der Waals surface area contributed by atoms with Crippen LogP contribution in [0.15, 0.2) is 60.7 Å². The average Bonchev–Trinajstić information content (AvgIpc) is 2.64. The molecule has 0 aliphatic heterocycles. The molecule has 1 N–H and O–H groups in total. The lowest BCUT2D eigenvalue weighted by Crippen LogP contribution is -2.66. The molecule has 0 bridgehead atoms. The smallest absolute Gasteiger partial charge is 0.304 e. The molecule has 0 fully saturated rings. The van der Waals surface area contributed by atoms with Gasteiger partial charge in [0.25, 0.3) is 8.32 Å². The predicted octanol–water partition coefficient (Wildman–Crippen LogP) is 3.24. The average molecular weight is 385 g/mol. The van der Waals surface area contributed by atoms with Crippen molar-refractivity contribution in [1.82, 2.24) is 0 Å². The molecule has 27 heavy (non-hydrogen) atoms. The minimum atomic E-state index is -2.63. The molecule has 0 spiro atoms. The maximum absolute atomic E-state index is 11.2. The normalized spacial score (nSPS) is 13.1. The van der Waals surface area contributed by atoms with Gasteiger partial charge in [-0.15, -0.1) is 0 Å². The van der Waals surface area contributed by atoms with Gasteiger partial charge in [0.1, 0.15) is 6.29 Å². The van der Waals surface area contributed by atoms with Crippen LogP contribution in [0.25, 0.3) is 0 Å². The summed E-state index contributed by atoms with van der Waals surface area (Å²) in [7, 11) is -2.63. The van der Waals surface area contributed by atoms with Gasteiger partial charge in [-0.25, -0.2) is 0 Å². The van der Waals surface area contributed by atoms with E-state index in [0.29, 0.717) is 13.0 Å². The minimum Gasteiger partial charge on any atom is -0.481 e. The summed E-state index contributed by atoms with van der Waals surface area (Å²) in [6.07, 6.45) is 0.969. The van der Waals surface area contributed by atoms with Crippen molar-refractivity contribution in [3.05, 3.63) is 60.7 Å². The number of hydrogen-bond donors (Lipinski definition) is 1. The first-order chi connectivity index (χ1) is 12.8. The van der Waals surface area contributed by atoms with E-state index >= 15 is 0 Å². The molecule has 5 heteroatoms. The second-order valence-electron chi connectivity index (χ2n) is 7.79. The highest BCUT2D eigenvalue weighted by atomic mass is 28.4. The zero-order valence-electron chi connectivity index (χ0n) is 16.2. The van der Waals surface area contributed by atoms with Gasteiger partial charge in [-0.05, 0) is 21.8 Å². The fraction of sp³-hybridized carbons (Fsp3) is 0.364. The molecule has 0 aliphatic carbocycles. The number of aliphatic carboxylic acids is 1. The van der Waals surface area contributed by atoms with Gasteiger partial charge in [0, 0.05) is 12.5 Å². The van der Waals surface area contributed by atoms with Crippen LogP contribution in [0.5, 0.6) is 0 Å². The van der Waals surface area contributed by atoms with Crippen molar-refractivity contribution < 1.29 is 19.1 Å². The number of carbonyl (C=O) groups is 2. The van der Waals surface area contributed by atoms with Crippen LogP contribution in [0.1, 0.15) is 33.6 Å². The van der Waals surface area contributed by atoms with Gasteiger partial charge in [0.2, 0.25) is 0 Å². The summed E-state index contributed by atoms with van der Waals surface area (Å²) in [6, 6.07) is 20.5. The van der Waals surface area contributed by atoms with Crippen molar-refractivity contribution in [2.75, 3.05) is 6.61 Å². The second kappa shape index (κ2) is 9.11. The summed E-state index contributed by atoms with van der Waals surface area (Å²) in [5.74, 6) is -1.49. The largest absolute Gasteiger partial charge is 0.481 e. The van der Waals surface area contributed by atoms with E-state index in [9.17, 15) is 9.59 Å². The van der Waals surface area contributed by atoms with Crippen molar-refractivity contribution in [1.29, 1.82) is 0 Å². The van der Waals surface area contributed by atoms with Crippen molar-refractivity contribution >= 4 is 30.9 Å². The molecule has 0 radical (unpaired) electrons. The molecule has 1 atom stereocenters. The number of carboxylic acids is 1. The summed E-state index contributed by atoms with van der Waals surface area (Å²) in [5.41, 5.74) is 0. The van der Waals surface area contributed by atoms with Crippen molar-refractivity contribution in [2.45, 2.75) is 38.7 Å². The zero-order valence-corrected chi connectivity index (χ0v) is 17.2. The van der Waals surface area contributed by atoms with Gasteiger partial charge in [0.15, 0.2) is 0 Å². The number of benzene rings is 2. The Morgan fingerprint density at radius 3 is 1.89 bits per heavy atom. The highest BCUT2D eigenvalue weighted by molar-refractivity contribution is 6.99. The SMILES string of the molecule is CC(C)(C)[Si](OCCC(C=O)CC(=O)O)(c1ccccc1)c1ccccc1. The van der Waals surface area contributed by atoms with Gasteiger partial charge in [-0.3, -0.25) is 4.79 Å². The molecular formula is C22H28O4Si. The third-order valence-electron chi connectivity index (χ3n) is 4.85. The fourth-order valence-corrected chi connectivity index (χ4v) is 8.15. The van der Waals surface area contributed by atoms with Crippen molar-refractivity contribution in [3.8, 4) is 0 Å². The Morgan fingerprint density at radius 1 is 1.04 bits per heavy atom. The maximum atomic E-state index is 11.2. The molecule has 0 heterocycles. The van der Waals surface area contributed by atoms with Crippen LogP contribution in [0.4, 0.5) is 0 Å². The van der Waals surface area contributed by atoms with Crippen LogP contribution in [0.2, 0.25) is 5.04 Å². The maximum Gasteiger partial charge on any atom is 0.304 e. The first-order valence-electron chi connectivity index (χ1n) is 9.23. The molecule has 0 saturated heterocycles. The van der Waals surface area contributed by atoms with Crippen LogP contribution in [0, 0.1) is 5.92 Å². The molecular weight excluding hydrogens is 356 g/mol. The van der Waals surface area contributed by atoms with Crippen molar-refractivity contribution in [3.63, 3.8) is 0 Å². The Kier molecular flexibility index (Phi) is 7.10. The van der Waals surface area contributed by atoms with Crippen molar-refractivity contribution in [2.24, 2.45) is 5.92 Å². The summed E-state index contributed by atoms with van der Waals surface area (Å²) in [6.45, 7) is 6.92. The number of carbonyl (C=O) groups excluding carboxylic acids is 1. The Labute approximate surface area is 162 Å². The third-order valence-corrected chi connectivity index (χ3v) is 9.90. The molecule has 4 nitrogen and oxygen atoms in total. The van der Waals surface area contributed by atoms with Crippen LogP contribution in [-0.4, -0.2) is 32.3 Å². The third kappa shape index (κ3) is 4.93. The summed E-state index contributed by atoms with van der Waals surface area (Å²) in [4.78, 5) is 22.2. The molecule has 0 saturated carbocycles. The molecule has 144 valence electrons. The van der Waals surface area contributed by atoms with E-state index in [4.69, 9.17) is 9.53 Å². The van der Waals surface area contributed by atoms with Gasteiger partial charge in [0.05, 0.1) is 6.42 Å². The first kappa shape index (κ1) is 21.1. The Hall–Kier alpha value is -2.24. The van der Waals surface area contributed by atoms with Crippen LogP contribution in [-0.2, 0) is 14.0 Å². The van der Waals surface area contributed by atoms with E-state index in [1.807, 2.05) is 36.4 Å². The van der Waals surface area contributed by atoms with E-state index in [1.165, 1.54) is 10.4 Å². The van der Waals surface area contributed by atoms with E-state index in [2.05, 4.69) is 45.0 Å². The summed E-state index contributed by atoms with van der Waals surface area (Å²) < 4.78 is 6.67. The molecule has 2 aromatic rings. The van der Waals surface area contributed by atoms with Crippen LogP contribution in [0.3, 0.4) is 0 Å². The molecule has 2 aromatic carbocycles. The van der Waals surface area contributed by atoms with Gasteiger partial charge < -0.3 is 14.3 Å². The van der Waals surface area contributed by atoms with Gasteiger partial charge in [-0.1, -0.05) is 81.4 Å². The highest BCUT2D eigenvalue weighted by Crippen LogP contribution is 2.36. The Bertz CT molecular complexity index is 698. The summed E-state index contributed by atoms with van der Waals surface area (Å²) >= 11 is 0. The van der Waals surface area contributed by atoms with E-state index in [-0.39, 0.29) is 11.5 Å². The Morgan fingerprint density at radius 2 is 1.52 bits per heavy atom. The number of aldehydes is 1. The molecule has 0 aliphatic rings. The monoisotopic (exact) mass is 384 g/mol. The van der Waals surface area contributed by atoms with E-state index in [1.54, 1.807) is 0 Å². The highest BCUT2D eigenvalue weighted by Gasteiger charge is 2.50. The standard InChI is InChI=1S/C22H28O4Si/c1-22(2,3)27(19-10-6-4-7-11-19,20-12-8-5-9-13-20)26-15-14-18(17-23)16-21(24)25/h4-13,17-18H,14-16H2,1-3H3,(H,24,25). The molecule has 2 rings (SSSR count).